The first kappa shape index (κ1) is 15.9. The second-order valence-electron chi connectivity index (χ2n) is 3.73. The first-order valence-electron chi connectivity index (χ1n) is 5.38. The van der Waals surface area contributed by atoms with E-state index in [1.807, 2.05) is 6.92 Å². The first-order valence-corrected chi connectivity index (χ1v) is 8.23. The van der Waals surface area contributed by atoms with Crippen molar-refractivity contribution in [1.29, 1.82) is 0 Å². The predicted molar refractivity (Wildman–Crippen MR) is 66.0 cm³/mol. The fourth-order valence-electron chi connectivity index (χ4n) is 1.23. The number of unbranched alkanes of at least 4 members (excludes halogenated alkanes) is 1. The average Bonchev–Trinajstić information content (AvgIpc) is 2.27. The van der Waals surface area contributed by atoms with E-state index in [0.29, 0.717) is 18.9 Å². The highest BCUT2D eigenvalue weighted by molar-refractivity contribution is 7.87. The zero-order valence-corrected chi connectivity index (χ0v) is 11.7. The number of benzene rings is 1. The smallest absolute Gasteiger partial charge is 0.300 e. The van der Waals surface area contributed by atoms with Crippen molar-refractivity contribution in [3.63, 3.8) is 0 Å². The standard InChI is InChI=1S/C10H14O7S2/c1-2-3-6-17-19(15,16)10-7-8(18(12,13)14)4-5-9(10)11/h4-5,7,11H,2-3,6H2,1H3,(H,12,13,14). The van der Waals surface area contributed by atoms with E-state index in [1.54, 1.807) is 0 Å². The highest BCUT2D eigenvalue weighted by Crippen LogP contribution is 2.27. The van der Waals surface area contributed by atoms with E-state index < -0.39 is 35.8 Å². The van der Waals surface area contributed by atoms with Crippen molar-refractivity contribution in [2.24, 2.45) is 0 Å². The Morgan fingerprint density at radius 3 is 2.37 bits per heavy atom. The SMILES string of the molecule is CCCCOS(=O)(=O)c1cc(S(=O)(=O)O)ccc1O. The lowest BCUT2D eigenvalue weighted by Gasteiger charge is -2.08. The summed E-state index contributed by atoms with van der Waals surface area (Å²) in [5.41, 5.74) is 0. The molecule has 0 saturated carbocycles. The molecule has 0 unspecified atom stereocenters. The largest absolute Gasteiger partial charge is 0.506 e. The third-order valence-corrected chi connectivity index (χ3v) is 4.43. The van der Waals surface area contributed by atoms with E-state index in [-0.39, 0.29) is 6.61 Å². The Bertz CT molecular complexity index is 646. The molecule has 0 spiro atoms. The molecule has 1 rings (SSSR count). The fraction of sp³-hybridized carbons (Fsp3) is 0.400. The number of aromatic hydroxyl groups is 1. The van der Waals surface area contributed by atoms with Crippen LogP contribution in [0.1, 0.15) is 19.8 Å². The second kappa shape index (κ2) is 5.87. The summed E-state index contributed by atoms with van der Waals surface area (Å²) in [6.07, 6.45) is 1.21. The van der Waals surface area contributed by atoms with Crippen molar-refractivity contribution in [2.45, 2.75) is 29.6 Å². The van der Waals surface area contributed by atoms with E-state index in [0.717, 1.165) is 12.1 Å². The van der Waals surface area contributed by atoms with Gasteiger partial charge in [0.25, 0.3) is 10.1 Å². The molecule has 0 bridgehead atoms. The fourth-order valence-corrected chi connectivity index (χ4v) is 2.87. The van der Waals surface area contributed by atoms with Crippen LogP contribution in [0.2, 0.25) is 0 Å². The van der Waals surface area contributed by atoms with Crippen LogP contribution in [0.3, 0.4) is 0 Å². The maximum Gasteiger partial charge on any atom is 0.300 e. The van der Waals surface area contributed by atoms with Gasteiger partial charge in [0.1, 0.15) is 10.6 Å². The molecule has 9 heteroatoms. The highest BCUT2D eigenvalue weighted by atomic mass is 32.2. The van der Waals surface area contributed by atoms with Gasteiger partial charge in [-0.2, -0.15) is 16.8 Å². The molecule has 0 aromatic heterocycles. The summed E-state index contributed by atoms with van der Waals surface area (Å²) in [6, 6.07) is 2.39. The maximum absolute atomic E-state index is 11.7. The lowest BCUT2D eigenvalue weighted by Crippen LogP contribution is -2.09. The lowest BCUT2D eigenvalue weighted by atomic mass is 10.3. The Labute approximate surface area is 111 Å². The summed E-state index contributed by atoms with van der Waals surface area (Å²) in [5.74, 6) is -0.649. The molecule has 2 N–H and O–H groups in total. The zero-order valence-electron chi connectivity index (χ0n) is 10.1. The van der Waals surface area contributed by atoms with Crippen LogP contribution >= 0.6 is 0 Å². The second-order valence-corrected chi connectivity index (χ2v) is 6.74. The van der Waals surface area contributed by atoms with Crippen LogP contribution in [0.4, 0.5) is 0 Å². The third-order valence-electron chi connectivity index (χ3n) is 2.23. The van der Waals surface area contributed by atoms with Crippen LogP contribution in [-0.2, 0) is 24.4 Å². The van der Waals surface area contributed by atoms with Gasteiger partial charge in [-0.3, -0.25) is 8.74 Å². The van der Waals surface area contributed by atoms with Gasteiger partial charge in [-0.05, 0) is 24.6 Å². The van der Waals surface area contributed by atoms with Gasteiger partial charge in [0, 0.05) is 0 Å². The van der Waals surface area contributed by atoms with Gasteiger partial charge in [-0.25, -0.2) is 0 Å². The average molecular weight is 310 g/mol. The Balaban J connectivity index is 3.19. The van der Waals surface area contributed by atoms with Crippen molar-refractivity contribution >= 4 is 20.2 Å². The predicted octanol–water partition coefficient (Wildman–Crippen LogP) is 1.14. The molecule has 0 aliphatic carbocycles. The minimum absolute atomic E-state index is 0.0750. The molecule has 1 aromatic carbocycles. The first-order chi connectivity index (χ1) is 8.68. The minimum atomic E-state index is -4.56. The van der Waals surface area contributed by atoms with E-state index in [1.165, 1.54) is 0 Å². The summed E-state index contributed by atoms with van der Waals surface area (Å²) in [5, 5.41) is 9.46. The number of phenols is 1. The van der Waals surface area contributed by atoms with Gasteiger partial charge in [0.2, 0.25) is 0 Å². The van der Waals surface area contributed by atoms with Crippen LogP contribution in [0.15, 0.2) is 28.0 Å². The van der Waals surface area contributed by atoms with E-state index >= 15 is 0 Å². The minimum Gasteiger partial charge on any atom is -0.506 e. The van der Waals surface area contributed by atoms with Gasteiger partial charge in [0.15, 0.2) is 0 Å². The monoisotopic (exact) mass is 310 g/mol. The Hall–Kier alpha value is -1.16. The van der Waals surface area contributed by atoms with Gasteiger partial charge in [0.05, 0.1) is 11.5 Å². The molecular weight excluding hydrogens is 296 g/mol. The molecule has 0 saturated heterocycles. The molecule has 0 aliphatic rings. The summed E-state index contributed by atoms with van der Waals surface area (Å²) in [4.78, 5) is -1.33. The zero-order chi connectivity index (χ0) is 14.7. The summed E-state index contributed by atoms with van der Waals surface area (Å²) in [6.45, 7) is 1.76. The number of hydrogen-bond acceptors (Lipinski definition) is 6. The normalized spacial score (nSPS) is 12.5. The molecule has 0 amide bonds. The molecule has 19 heavy (non-hydrogen) atoms. The van der Waals surface area contributed by atoms with Crippen molar-refractivity contribution < 1.29 is 30.7 Å². The lowest BCUT2D eigenvalue weighted by molar-refractivity contribution is 0.308. The van der Waals surface area contributed by atoms with Crippen molar-refractivity contribution in [3.8, 4) is 5.75 Å². The highest BCUT2D eigenvalue weighted by Gasteiger charge is 2.23. The van der Waals surface area contributed by atoms with E-state index in [2.05, 4.69) is 4.18 Å². The molecule has 1 aromatic rings. The van der Waals surface area contributed by atoms with Crippen LogP contribution in [0.25, 0.3) is 0 Å². The maximum atomic E-state index is 11.7. The number of rotatable bonds is 6. The Morgan fingerprint density at radius 1 is 1.21 bits per heavy atom. The number of phenolic OH excluding ortho intramolecular Hbond substituents is 1. The third kappa shape index (κ3) is 4.16. The Morgan fingerprint density at radius 2 is 1.84 bits per heavy atom. The summed E-state index contributed by atoms with van der Waals surface area (Å²) in [7, 11) is -8.83. The van der Waals surface area contributed by atoms with Crippen molar-refractivity contribution in [2.75, 3.05) is 6.61 Å². The van der Waals surface area contributed by atoms with Gasteiger partial charge in [-0.1, -0.05) is 13.3 Å². The van der Waals surface area contributed by atoms with Gasteiger partial charge >= 0.3 is 10.1 Å². The summed E-state index contributed by atoms with van der Waals surface area (Å²) >= 11 is 0. The molecule has 0 radical (unpaired) electrons. The van der Waals surface area contributed by atoms with E-state index in [9.17, 15) is 21.9 Å². The molecule has 108 valence electrons. The molecule has 7 nitrogen and oxygen atoms in total. The van der Waals surface area contributed by atoms with Crippen LogP contribution in [-0.4, -0.2) is 33.1 Å². The molecule has 0 fully saturated rings. The van der Waals surface area contributed by atoms with Crippen molar-refractivity contribution in [3.05, 3.63) is 18.2 Å². The van der Waals surface area contributed by atoms with Gasteiger partial charge < -0.3 is 5.11 Å². The quantitative estimate of drug-likeness (QED) is 0.459. The van der Waals surface area contributed by atoms with Crippen LogP contribution in [0.5, 0.6) is 5.75 Å². The van der Waals surface area contributed by atoms with Crippen LogP contribution in [0, 0.1) is 0 Å². The molecule has 0 atom stereocenters. The van der Waals surface area contributed by atoms with Gasteiger partial charge in [-0.15, -0.1) is 0 Å². The summed E-state index contributed by atoms with van der Waals surface area (Å²) < 4.78 is 58.8. The Kier molecular flexibility index (Phi) is 4.91. The van der Waals surface area contributed by atoms with Crippen molar-refractivity contribution in [1.82, 2.24) is 0 Å². The van der Waals surface area contributed by atoms with E-state index in [4.69, 9.17) is 4.55 Å². The molecular formula is C10H14O7S2. The van der Waals surface area contributed by atoms with Crippen LogP contribution < -0.4 is 0 Å². The number of hydrogen-bond donors (Lipinski definition) is 2. The topological polar surface area (TPSA) is 118 Å². The molecule has 0 heterocycles. The molecule has 0 aliphatic heterocycles.